The van der Waals surface area contributed by atoms with Crippen LogP contribution in [0.3, 0.4) is 0 Å². The Labute approximate surface area is 156 Å². The van der Waals surface area contributed by atoms with E-state index in [0.717, 1.165) is 36.7 Å². The molecule has 1 heterocycles. The second-order valence-electron chi connectivity index (χ2n) is 6.66. The molecule has 1 fully saturated rings. The molecule has 0 atom stereocenters. The van der Waals surface area contributed by atoms with Crippen molar-refractivity contribution in [2.24, 2.45) is 5.92 Å². The molecule has 0 aromatic heterocycles. The monoisotopic (exact) mass is 383 g/mol. The molecule has 8 heteroatoms. The zero-order valence-electron chi connectivity index (χ0n) is 15.7. The molecule has 26 heavy (non-hydrogen) atoms. The van der Waals surface area contributed by atoms with Crippen molar-refractivity contribution in [1.29, 1.82) is 0 Å². The Morgan fingerprint density at radius 2 is 2.00 bits per heavy atom. The number of benzene rings is 1. The van der Waals surface area contributed by atoms with E-state index in [1.165, 1.54) is 20.2 Å². The van der Waals surface area contributed by atoms with Crippen LogP contribution in [-0.4, -0.2) is 52.4 Å². The number of anilines is 1. The first-order chi connectivity index (χ1) is 12.3. The van der Waals surface area contributed by atoms with E-state index in [4.69, 9.17) is 4.74 Å². The number of hydrogen-bond acceptors (Lipinski definition) is 5. The number of nitrogens with zero attached hydrogens (tertiary/aromatic N) is 1. The van der Waals surface area contributed by atoms with E-state index in [1.54, 1.807) is 19.1 Å². The Bertz CT molecular complexity index is 713. The predicted octanol–water partition coefficient (Wildman–Crippen LogP) is 2.05. The van der Waals surface area contributed by atoms with Crippen molar-refractivity contribution in [2.45, 2.75) is 37.5 Å². The fourth-order valence-electron chi connectivity index (χ4n) is 2.99. The smallest absolute Gasteiger partial charge is 0.246 e. The van der Waals surface area contributed by atoms with Gasteiger partial charge in [0.15, 0.2) is 0 Å². The normalized spacial score (nSPS) is 15.8. The van der Waals surface area contributed by atoms with Crippen molar-refractivity contribution in [1.82, 2.24) is 9.62 Å². The molecule has 2 rings (SSSR count). The standard InChI is InChI=1S/C18H29N3O4S/c1-4-25-16-7-6-15(13-17(16)26(23,24)21(2)3)20-18(22)8-5-14-9-11-19-12-10-14/h6-7,13-14,19H,4-5,8-12H2,1-3H3,(H,20,22). The first kappa shape index (κ1) is 20.7. The van der Waals surface area contributed by atoms with Crippen molar-refractivity contribution >= 4 is 21.6 Å². The van der Waals surface area contributed by atoms with Gasteiger partial charge in [-0.05, 0) is 63.4 Å². The van der Waals surface area contributed by atoms with Crippen LogP contribution in [0.4, 0.5) is 5.69 Å². The van der Waals surface area contributed by atoms with Crippen molar-refractivity contribution < 1.29 is 17.9 Å². The van der Waals surface area contributed by atoms with Crippen molar-refractivity contribution in [2.75, 3.05) is 39.1 Å². The summed E-state index contributed by atoms with van der Waals surface area (Å²) in [5.41, 5.74) is 0.462. The van der Waals surface area contributed by atoms with E-state index in [0.29, 0.717) is 24.6 Å². The van der Waals surface area contributed by atoms with E-state index in [2.05, 4.69) is 10.6 Å². The molecule has 0 spiro atoms. The number of sulfonamides is 1. The number of rotatable bonds is 8. The van der Waals surface area contributed by atoms with Gasteiger partial charge in [-0.1, -0.05) is 0 Å². The lowest BCUT2D eigenvalue weighted by atomic mass is 9.93. The summed E-state index contributed by atoms with van der Waals surface area (Å²) < 4.78 is 31.6. The van der Waals surface area contributed by atoms with Crippen LogP contribution in [0.1, 0.15) is 32.6 Å². The highest BCUT2D eigenvalue weighted by Crippen LogP contribution is 2.29. The van der Waals surface area contributed by atoms with Gasteiger partial charge in [-0.25, -0.2) is 12.7 Å². The van der Waals surface area contributed by atoms with Gasteiger partial charge < -0.3 is 15.4 Å². The average molecular weight is 384 g/mol. The third kappa shape index (κ3) is 5.43. The molecule has 0 bridgehead atoms. The molecule has 0 unspecified atom stereocenters. The minimum absolute atomic E-state index is 0.0560. The van der Waals surface area contributed by atoms with Gasteiger partial charge in [0, 0.05) is 26.2 Å². The summed E-state index contributed by atoms with van der Waals surface area (Å²) in [7, 11) is -0.732. The van der Waals surface area contributed by atoms with Crippen LogP contribution in [0.25, 0.3) is 0 Å². The minimum atomic E-state index is -3.67. The van der Waals surface area contributed by atoms with Gasteiger partial charge in [0.2, 0.25) is 15.9 Å². The SMILES string of the molecule is CCOc1ccc(NC(=O)CCC2CCNCC2)cc1S(=O)(=O)N(C)C. The molecule has 1 aliphatic rings. The fourth-order valence-corrected chi connectivity index (χ4v) is 4.04. The third-order valence-electron chi connectivity index (χ3n) is 4.52. The van der Waals surface area contributed by atoms with E-state index < -0.39 is 10.0 Å². The van der Waals surface area contributed by atoms with Crippen LogP contribution in [0, 0.1) is 5.92 Å². The van der Waals surface area contributed by atoms with Crippen molar-refractivity contribution in [3.63, 3.8) is 0 Å². The molecule has 1 aromatic carbocycles. The molecular formula is C18H29N3O4S. The predicted molar refractivity (Wildman–Crippen MR) is 102 cm³/mol. The highest BCUT2D eigenvalue weighted by Gasteiger charge is 2.23. The summed E-state index contributed by atoms with van der Waals surface area (Å²) in [5, 5.41) is 6.12. The zero-order chi connectivity index (χ0) is 19.2. The molecule has 1 aromatic rings. The summed E-state index contributed by atoms with van der Waals surface area (Å²) in [6.45, 7) is 4.17. The van der Waals surface area contributed by atoms with Gasteiger partial charge in [0.05, 0.1) is 6.61 Å². The maximum atomic E-state index is 12.5. The largest absolute Gasteiger partial charge is 0.492 e. The molecule has 0 aliphatic carbocycles. The van der Waals surface area contributed by atoms with Crippen LogP contribution in [0.5, 0.6) is 5.75 Å². The molecule has 1 amide bonds. The van der Waals surface area contributed by atoms with Gasteiger partial charge in [0.1, 0.15) is 10.6 Å². The Kier molecular flexibility index (Phi) is 7.43. The van der Waals surface area contributed by atoms with Gasteiger partial charge in [0.25, 0.3) is 0 Å². The van der Waals surface area contributed by atoms with Crippen LogP contribution in [-0.2, 0) is 14.8 Å². The fraction of sp³-hybridized carbons (Fsp3) is 0.611. The lowest BCUT2D eigenvalue weighted by molar-refractivity contribution is -0.116. The number of ether oxygens (including phenoxy) is 1. The average Bonchev–Trinajstić information content (AvgIpc) is 2.62. The summed E-state index contributed by atoms with van der Waals surface area (Å²) in [6.07, 6.45) is 3.49. The highest BCUT2D eigenvalue weighted by atomic mass is 32.2. The summed E-state index contributed by atoms with van der Waals surface area (Å²) >= 11 is 0. The molecule has 0 radical (unpaired) electrons. The number of amides is 1. The topological polar surface area (TPSA) is 87.7 Å². The van der Waals surface area contributed by atoms with E-state index in [1.807, 2.05) is 0 Å². The number of carbonyl (C=O) groups is 1. The number of hydrogen-bond donors (Lipinski definition) is 2. The molecular weight excluding hydrogens is 354 g/mol. The van der Waals surface area contributed by atoms with E-state index in [-0.39, 0.29) is 16.6 Å². The lowest BCUT2D eigenvalue weighted by Gasteiger charge is -2.22. The van der Waals surface area contributed by atoms with Gasteiger partial charge in [-0.3, -0.25) is 4.79 Å². The maximum absolute atomic E-state index is 12.5. The molecule has 2 N–H and O–H groups in total. The molecule has 0 saturated carbocycles. The second kappa shape index (κ2) is 9.34. The van der Waals surface area contributed by atoms with Gasteiger partial charge >= 0.3 is 0 Å². The summed E-state index contributed by atoms with van der Waals surface area (Å²) in [4.78, 5) is 12.3. The number of piperidine rings is 1. The molecule has 1 aliphatic heterocycles. The molecule has 1 saturated heterocycles. The Morgan fingerprint density at radius 3 is 2.62 bits per heavy atom. The zero-order valence-corrected chi connectivity index (χ0v) is 16.6. The van der Waals surface area contributed by atoms with Crippen molar-refractivity contribution in [3.05, 3.63) is 18.2 Å². The Balaban J connectivity index is 2.08. The second-order valence-corrected chi connectivity index (χ2v) is 8.78. The van der Waals surface area contributed by atoms with Crippen LogP contribution < -0.4 is 15.4 Å². The Morgan fingerprint density at radius 1 is 1.31 bits per heavy atom. The van der Waals surface area contributed by atoms with Gasteiger partial charge in [-0.15, -0.1) is 0 Å². The summed E-state index contributed by atoms with van der Waals surface area (Å²) in [6, 6.07) is 4.72. The minimum Gasteiger partial charge on any atom is -0.492 e. The van der Waals surface area contributed by atoms with Crippen LogP contribution in [0.2, 0.25) is 0 Å². The van der Waals surface area contributed by atoms with Gasteiger partial charge in [-0.2, -0.15) is 0 Å². The first-order valence-electron chi connectivity index (χ1n) is 9.04. The third-order valence-corrected chi connectivity index (χ3v) is 6.36. The van der Waals surface area contributed by atoms with E-state index >= 15 is 0 Å². The first-order valence-corrected chi connectivity index (χ1v) is 10.5. The Hall–Kier alpha value is -1.64. The van der Waals surface area contributed by atoms with E-state index in [9.17, 15) is 13.2 Å². The number of nitrogens with one attached hydrogen (secondary N) is 2. The van der Waals surface area contributed by atoms with Crippen LogP contribution >= 0.6 is 0 Å². The number of carbonyl (C=O) groups excluding carboxylic acids is 1. The molecule has 7 nitrogen and oxygen atoms in total. The highest BCUT2D eigenvalue weighted by molar-refractivity contribution is 7.89. The summed E-state index contributed by atoms with van der Waals surface area (Å²) in [5.74, 6) is 0.766. The lowest BCUT2D eigenvalue weighted by Crippen LogP contribution is -2.28. The maximum Gasteiger partial charge on any atom is 0.246 e. The van der Waals surface area contributed by atoms with Crippen molar-refractivity contribution in [3.8, 4) is 5.75 Å². The molecule has 146 valence electrons. The van der Waals surface area contributed by atoms with Crippen LogP contribution in [0.15, 0.2) is 23.1 Å². The quantitative estimate of drug-likeness (QED) is 0.717.